The Morgan fingerprint density at radius 3 is 2.55 bits per heavy atom. The molecule has 144 valence electrons. The van der Waals surface area contributed by atoms with Crippen molar-refractivity contribution in [1.82, 2.24) is 15.4 Å². The summed E-state index contributed by atoms with van der Waals surface area (Å²) in [7, 11) is 0. The quantitative estimate of drug-likeness (QED) is 0.464. The molecule has 0 radical (unpaired) electrons. The number of thiazole rings is 1. The molecule has 0 spiro atoms. The summed E-state index contributed by atoms with van der Waals surface area (Å²) in [5, 5.41) is 2.88. The van der Waals surface area contributed by atoms with Crippen molar-refractivity contribution in [3.05, 3.63) is 107 Å². The number of carbonyl (C=O) groups excluding carboxylic acids is 1. The first-order valence-corrected chi connectivity index (χ1v) is 10.0. The fourth-order valence-electron chi connectivity index (χ4n) is 3.00. The lowest BCUT2D eigenvalue weighted by Crippen LogP contribution is -2.27. The van der Waals surface area contributed by atoms with Crippen molar-refractivity contribution in [3.63, 3.8) is 0 Å². The molecule has 0 saturated carbocycles. The van der Waals surface area contributed by atoms with Gasteiger partial charge < -0.3 is 0 Å². The first-order valence-electron chi connectivity index (χ1n) is 9.15. The molecule has 2 aromatic carbocycles. The number of nitrogens with one attached hydrogen (secondary N) is 1. The van der Waals surface area contributed by atoms with E-state index in [0.717, 1.165) is 21.7 Å². The maximum atomic E-state index is 12.5. The van der Waals surface area contributed by atoms with Crippen molar-refractivity contribution in [2.24, 2.45) is 0 Å². The van der Waals surface area contributed by atoms with Crippen molar-refractivity contribution < 1.29 is 9.63 Å². The Hall–Kier alpha value is -3.35. The predicted molar refractivity (Wildman–Crippen MR) is 113 cm³/mol. The number of carbonyl (C=O) groups is 1. The lowest BCUT2D eigenvalue weighted by atomic mass is 9.98. The van der Waals surface area contributed by atoms with E-state index in [1.54, 1.807) is 35.9 Å². The van der Waals surface area contributed by atoms with Gasteiger partial charge in [0.25, 0.3) is 5.91 Å². The summed E-state index contributed by atoms with van der Waals surface area (Å²) in [6.45, 7) is 2.01. The minimum Gasteiger partial charge on any atom is -0.267 e. The van der Waals surface area contributed by atoms with Crippen LogP contribution in [0.5, 0.6) is 0 Å². The number of aromatic nitrogens is 2. The topological polar surface area (TPSA) is 64.1 Å². The number of amides is 1. The third kappa shape index (κ3) is 4.39. The molecule has 2 heterocycles. The van der Waals surface area contributed by atoms with E-state index in [2.05, 4.69) is 15.4 Å². The van der Waals surface area contributed by atoms with Crippen LogP contribution in [0.3, 0.4) is 0 Å². The highest BCUT2D eigenvalue weighted by Crippen LogP contribution is 2.31. The van der Waals surface area contributed by atoms with Gasteiger partial charge in [-0.1, -0.05) is 36.4 Å². The maximum absolute atomic E-state index is 12.5. The molecule has 29 heavy (non-hydrogen) atoms. The van der Waals surface area contributed by atoms with Crippen LogP contribution in [0.4, 0.5) is 0 Å². The Morgan fingerprint density at radius 1 is 1.00 bits per heavy atom. The average Bonchev–Trinajstić information content (AvgIpc) is 3.31. The van der Waals surface area contributed by atoms with Gasteiger partial charge in [-0.3, -0.25) is 14.6 Å². The van der Waals surface area contributed by atoms with Crippen LogP contribution in [0.25, 0.3) is 10.6 Å². The van der Waals surface area contributed by atoms with Gasteiger partial charge in [-0.25, -0.2) is 10.5 Å². The number of rotatable bonds is 6. The molecule has 0 fully saturated rings. The van der Waals surface area contributed by atoms with Crippen LogP contribution in [-0.4, -0.2) is 15.9 Å². The van der Waals surface area contributed by atoms with Crippen molar-refractivity contribution in [1.29, 1.82) is 0 Å². The van der Waals surface area contributed by atoms with Crippen LogP contribution in [0.15, 0.2) is 84.5 Å². The second-order valence-corrected chi connectivity index (χ2v) is 7.35. The number of benzene rings is 2. The molecule has 0 aliphatic heterocycles. The summed E-state index contributed by atoms with van der Waals surface area (Å²) in [6.07, 6.45) is 2.95. The Kier molecular flexibility index (Phi) is 5.74. The van der Waals surface area contributed by atoms with Crippen LogP contribution in [0, 0.1) is 6.92 Å². The number of hydrogen-bond donors (Lipinski definition) is 1. The fourth-order valence-corrected chi connectivity index (χ4v) is 3.63. The standard InChI is InChI=1S/C23H19N3O2S/c1-16-10-11-18(23-25-13-14-29-23)15-19(16)21(20-9-5-6-12-24-20)28-26-22(27)17-7-3-2-4-8-17/h2-15,21H,1H3,(H,26,27). The molecule has 4 aromatic rings. The van der Waals surface area contributed by atoms with E-state index < -0.39 is 6.10 Å². The highest BCUT2D eigenvalue weighted by molar-refractivity contribution is 7.13. The van der Waals surface area contributed by atoms with Crippen LogP contribution in [0.1, 0.15) is 33.3 Å². The number of hydroxylamine groups is 1. The number of hydrogen-bond acceptors (Lipinski definition) is 5. The molecular formula is C23H19N3O2S. The zero-order chi connectivity index (χ0) is 20.1. The van der Waals surface area contributed by atoms with E-state index in [1.165, 1.54) is 0 Å². The molecule has 4 rings (SSSR count). The first-order chi connectivity index (χ1) is 14.2. The first kappa shape index (κ1) is 19.0. The van der Waals surface area contributed by atoms with E-state index >= 15 is 0 Å². The Morgan fingerprint density at radius 2 is 1.83 bits per heavy atom. The van der Waals surface area contributed by atoms with Gasteiger partial charge in [-0.2, -0.15) is 0 Å². The molecule has 5 nitrogen and oxygen atoms in total. The third-order valence-electron chi connectivity index (χ3n) is 4.50. The fraction of sp³-hybridized carbons (Fsp3) is 0.0870. The van der Waals surface area contributed by atoms with Gasteiger partial charge >= 0.3 is 0 Å². The summed E-state index contributed by atoms with van der Waals surface area (Å²) >= 11 is 1.58. The van der Waals surface area contributed by atoms with Crippen LogP contribution < -0.4 is 5.48 Å². The van der Waals surface area contributed by atoms with Gasteiger partial charge in [0.2, 0.25) is 0 Å². The zero-order valence-corrected chi connectivity index (χ0v) is 16.6. The van der Waals surface area contributed by atoms with Crippen molar-refractivity contribution in [2.75, 3.05) is 0 Å². The van der Waals surface area contributed by atoms with Gasteiger partial charge in [-0.05, 0) is 48.4 Å². The number of aryl methyl sites for hydroxylation is 1. The molecule has 1 N–H and O–H groups in total. The minimum absolute atomic E-state index is 0.305. The molecule has 1 atom stereocenters. The molecule has 0 aliphatic carbocycles. The molecule has 1 unspecified atom stereocenters. The van der Waals surface area contributed by atoms with E-state index in [4.69, 9.17) is 4.84 Å². The molecule has 0 aliphatic rings. The van der Waals surface area contributed by atoms with Crippen molar-refractivity contribution >= 4 is 17.2 Å². The Balaban J connectivity index is 1.66. The largest absolute Gasteiger partial charge is 0.274 e. The summed E-state index contributed by atoms with van der Waals surface area (Å²) < 4.78 is 0. The normalized spacial score (nSPS) is 11.8. The second kappa shape index (κ2) is 8.77. The second-order valence-electron chi connectivity index (χ2n) is 6.46. The summed E-state index contributed by atoms with van der Waals surface area (Å²) in [5.41, 5.74) is 6.78. The average molecular weight is 401 g/mol. The highest BCUT2D eigenvalue weighted by Gasteiger charge is 2.21. The smallest absolute Gasteiger partial charge is 0.267 e. The SMILES string of the molecule is Cc1ccc(-c2nccs2)cc1C(ONC(=O)c1ccccc1)c1ccccn1. The van der Waals surface area contributed by atoms with Gasteiger partial charge in [0.1, 0.15) is 5.01 Å². The summed E-state index contributed by atoms with van der Waals surface area (Å²) in [4.78, 5) is 27.2. The molecule has 6 heteroatoms. The molecule has 2 aromatic heterocycles. The Labute approximate surface area is 173 Å². The summed E-state index contributed by atoms with van der Waals surface area (Å²) in [5.74, 6) is -0.305. The van der Waals surface area contributed by atoms with Crippen LogP contribution >= 0.6 is 11.3 Å². The van der Waals surface area contributed by atoms with Gasteiger partial charge in [0, 0.05) is 28.9 Å². The minimum atomic E-state index is -0.552. The molecule has 0 saturated heterocycles. The lowest BCUT2D eigenvalue weighted by Gasteiger charge is -2.20. The zero-order valence-electron chi connectivity index (χ0n) is 15.8. The van der Waals surface area contributed by atoms with Crippen LogP contribution in [0.2, 0.25) is 0 Å². The monoisotopic (exact) mass is 401 g/mol. The van der Waals surface area contributed by atoms with E-state index in [9.17, 15) is 4.79 Å². The van der Waals surface area contributed by atoms with Crippen molar-refractivity contribution in [3.8, 4) is 10.6 Å². The van der Waals surface area contributed by atoms with E-state index in [1.807, 2.05) is 66.9 Å². The van der Waals surface area contributed by atoms with E-state index in [-0.39, 0.29) is 5.91 Å². The number of nitrogens with zero attached hydrogens (tertiary/aromatic N) is 2. The van der Waals surface area contributed by atoms with Gasteiger partial charge in [0.15, 0.2) is 6.10 Å². The van der Waals surface area contributed by atoms with Crippen LogP contribution in [-0.2, 0) is 4.84 Å². The summed E-state index contributed by atoms with van der Waals surface area (Å²) in [6, 6.07) is 20.7. The highest BCUT2D eigenvalue weighted by atomic mass is 32.1. The van der Waals surface area contributed by atoms with Crippen molar-refractivity contribution in [2.45, 2.75) is 13.0 Å². The van der Waals surface area contributed by atoms with Gasteiger partial charge in [-0.15, -0.1) is 11.3 Å². The lowest BCUT2D eigenvalue weighted by molar-refractivity contribution is -0.00142. The predicted octanol–water partition coefficient (Wildman–Crippen LogP) is 4.96. The third-order valence-corrected chi connectivity index (χ3v) is 5.32. The molecular weight excluding hydrogens is 382 g/mol. The molecule has 1 amide bonds. The number of pyridine rings is 1. The van der Waals surface area contributed by atoms with E-state index in [0.29, 0.717) is 11.3 Å². The molecule has 0 bridgehead atoms. The van der Waals surface area contributed by atoms with Gasteiger partial charge in [0.05, 0.1) is 5.69 Å². The maximum Gasteiger partial charge on any atom is 0.274 e. The Bertz CT molecular complexity index is 1080.